The Kier molecular flexibility index (Phi) is 5.17. The van der Waals surface area contributed by atoms with Gasteiger partial charge in [-0.3, -0.25) is 10.1 Å². The van der Waals surface area contributed by atoms with Crippen molar-refractivity contribution in [3.8, 4) is 16.5 Å². The molecule has 1 amide bonds. The maximum atomic E-state index is 12.6. The molecule has 0 atom stereocenters. The predicted molar refractivity (Wildman–Crippen MR) is 102 cm³/mol. The summed E-state index contributed by atoms with van der Waals surface area (Å²) in [5, 5.41) is 20.5. The van der Waals surface area contributed by atoms with Gasteiger partial charge in [0.05, 0.1) is 25.2 Å². The molecule has 1 aliphatic heterocycles. The van der Waals surface area contributed by atoms with Crippen LogP contribution in [0.5, 0.6) is 5.75 Å². The molecule has 28 heavy (non-hydrogen) atoms. The lowest BCUT2D eigenvalue weighted by atomic mass is 10.3. The van der Waals surface area contributed by atoms with Gasteiger partial charge in [0, 0.05) is 19.2 Å². The molecule has 0 radical (unpaired) electrons. The SMILES string of the molecule is COc1cc(N2CCOCC2)nnc1C(=O)Nc1nnc(-c2sccc2C)o1. The first-order valence-electron chi connectivity index (χ1n) is 8.59. The first kappa shape index (κ1) is 18.3. The van der Waals surface area contributed by atoms with E-state index in [9.17, 15) is 4.79 Å². The zero-order chi connectivity index (χ0) is 19.5. The molecule has 1 aliphatic rings. The molecule has 10 nitrogen and oxygen atoms in total. The average Bonchev–Trinajstić information content (AvgIpc) is 3.36. The number of rotatable bonds is 5. The highest BCUT2D eigenvalue weighted by molar-refractivity contribution is 7.13. The Labute approximate surface area is 164 Å². The molecule has 0 saturated carbocycles. The maximum Gasteiger partial charge on any atom is 0.322 e. The summed E-state index contributed by atoms with van der Waals surface area (Å²) in [6.07, 6.45) is 0. The number of nitrogens with zero attached hydrogens (tertiary/aromatic N) is 5. The first-order valence-corrected chi connectivity index (χ1v) is 9.47. The van der Waals surface area contributed by atoms with Gasteiger partial charge in [-0.2, -0.15) is 0 Å². The molecule has 1 fully saturated rings. The summed E-state index contributed by atoms with van der Waals surface area (Å²) in [4.78, 5) is 15.5. The van der Waals surface area contributed by atoms with Crippen molar-refractivity contribution in [2.45, 2.75) is 6.92 Å². The molecule has 0 aliphatic carbocycles. The number of carbonyl (C=O) groups is 1. The zero-order valence-corrected chi connectivity index (χ0v) is 16.2. The highest BCUT2D eigenvalue weighted by Crippen LogP contribution is 2.29. The lowest BCUT2D eigenvalue weighted by Gasteiger charge is -2.27. The van der Waals surface area contributed by atoms with Crippen LogP contribution in [0, 0.1) is 6.92 Å². The summed E-state index contributed by atoms with van der Waals surface area (Å²) in [6, 6.07) is 3.62. The number of ether oxygens (including phenoxy) is 2. The fraction of sp³-hybridized carbons (Fsp3) is 0.353. The van der Waals surface area contributed by atoms with Crippen LogP contribution in [-0.2, 0) is 4.74 Å². The van der Waals surface area contributed by atoms with Gasteiger partial charge in [0.15, 0.2) is 17.3 Å². The molecule has 1 saturated heterocycles. The molecule has 0 bridgehead atoms. The second-order valence-corrected chi connectivity index (χ2v) is 6.93. The third-order valence-corrected chi connectivity index (χ3v) is 5.22. The normalized spacial score (nSPS) is 14.1. The Bertz CT molecular complexity index is 982. The van der Waals surface area contributed by atoms with Crippen molar-refractivity contribution in [3.05, 3.63) is 28.8 Å². The van der Waals surface area contributed by atoms with Crippen LogP contribution in [0.3, 0.4) is 0 Å². The van der Waals surface area contributed by atoms with Crippen molar-refractivity contribution in [2.75, 3.05) is 43.6 Å². The van der Waals surface area contributed by atoms with E-state index in [4.69, 9.17) is 13.9 Å². The third kappa shape index (κ3) is 3.66. The van der Waals surface area contributed by atoms with E-state index in [0.29, 0.717) is 43.8 Å². The molecule has 0 unspecified atom stereocenters. The number of anilines is 2. The lowest BCUT2D eigenvalue weighted by molar-refractivity contribution is 0.101. The van der Waals surface area contributed by atoms with Gasteiger partial charge in [0.25, 0.3) is 11.8 Å². The first-order chi connectivity index (χ1) is 13.7. The Morgan fingerprint density at radius 2 is 2.07 bits per heavy atom. The fourth-order valence-electron chi connectivity index (χ4n) is 2.74. The summed E-state index contributed by atoms with van der Waals surface area (Å²) in [5.74, 6) is 0.743. The van der Waals surface area contributed by atoms with Crippen LogP contribution in [0.25, 0.3) is 10.8 Å². The van der Waals surface area contributed by atoms with E-state index < -0.39 is 5.91 Å². The third-order valence-electron chi connectivity index (χ3n) is 4.22. The van der Waals surface area contributed by atoms with Crippen molar-refractivity contribution in [3.63, 3.8) is 0 Å². The predicted octanol–water partition coefficient (Wildman–Crippen LogP) is 1.99. The number of hydrogen-bond donors (Lipinski definition) is 1. The summed E-state index contributed by atoms with van der Waals surface area (Å²) < 4.78 is 16.2. The Morgan fingerprint density at radius 1 is 1.25 bits per heavy atom. The van der Waals surface area contributed by atoms with Crippen molar-refractivity contribution in [1.82, 2.24) is 20.4 Å². The smallest absolute Gasteiger partial charge is 0.322 e. The summed E-state index contributed by atoms with van der Waals surface area (Å²) in [7, 11) is 1.47. The molecular formula is C17H18N6O4S. The van der Waals surface area contributed by atoms with E-state index in [2.05, 4.69) is 25.7 Å². The Morgan fingerprint density at radius 3 is 2.79 bits per heavy atom. The van der Waals surface area contributed by atoms with E-state index >= 15 is 0 Å². The van der Waals surface area contributed by atoms with Crippen molar-refractivity contribution < 1.29 is 18.7 Å². The molecular weight excluding hydrogens is 384 g/mol. The summed E-state index contributed by atoms with van der Waals surface area (Å²) in [5.41, 5.74) is 1.06. The number of hydrogen-bond acceptors (Lipinski definition) is 10. The number of nitrogens with one attached hydrogen (secondary N) is 1. The zero-order valence-electron chi connectivity index (χ0n) is 15.3. The second-order valence-electron chi connectivity index (χ2n) is 6.02. The minimum atomic E-state index is -0.545. The van der Waals surface area contributed by atoms with Crippen LogP contribution in [0.4, 0.5) is 11.8 Å². The number of carbonyl (C=O) groups excluding carboxylic acids is 1. The molecule has 0 aromatic carbocycles. The Hall–Kier alpha value is -3.05. The van der Waals surface area contributed by atoms with Crippen LogP contribution in [-0.4, -0.2) is 59.7 Å². The molecule has 3 aromatic heterocycles. The van der Waals surface area contributed by atoms with Crippen LogP contribution in [0.1, 0.15) is 16.1 Å². The van der Waals surface area contributed by atoms with Crippen molar-refractivity contribution in [2.24, 2.45) is 0 Å². The highest BCUT2D eigenvalue weighted by atomic mass is 32.1. The average molecular weight is 402 g/mol. The largest absolute Gasteiger partial charge is 0.494 e. The van der Waals surface area contributed by atoms with Crippen molar-refractivity contribution >= 4 is 29.1 Å². The van der Waals surface area contributed by atoms with E-state index in [0.717, 1.165) is 10.4 Å². The number of thiophene rings is 1. The van der Waals surface area contributed by atoms with Gasteiger partial charge in [-0.15, -0.1) is 26.6 Å². The van der Waals surface area contributed by atoms with Crippen LogP contribution in [0.2, 0.25) is 0 Å². The van der Waals surface area contributed by atoms with E-state index in [1.54, 1.807) is 6.07 Å². The lowest BCUT2D eigenvalue weighted by Crippen LogP contribution is -2.37. The molecule has 146 valence electrons. The minimum absolute atomic E-state index is 0.0195. The molecule has 0 spiro atoms. The van der Waals surface area contributed by atoms with E-state index in [1.807, 2.05) is 23.3 Å². The van der Waals surface area contributed by atoms with Gasteiger partial charge in [-0.05, 0) is 23.9 Å². The molecule has 11 heteroatoms. The van der Waals surface area contributed by atoms with Crippen LogP contribution in [0.15, 0.2) is 21.9 Å². The van der Waals surface area contributed by atoms with Gasteiger partial charge in [-0.1, -0.05) is 5.10 Å². The Balaban J connectivity index is 1.51. The fourth-order valence-corrected chi connectivity index (χ4v) is 3.58. The number of methoxy groups -OCH3 is 1. The molecule has 1 N–H and O–H groups in total. The van der Waals surface area contributed by atoms with Crippen molar-refractivity contribution in [1.29, 1.82) is 0 Å². The van der Waals surface area contributed by atoms with Gasteiger partial charge >= 0.3 is 6.01 Å². The quantitative estimate of drug-likeness (QED) is 0.684. The second kappa shape index (κ2) is 7.90. The van der Waals surface area contributed by atoms with Gasteiger partial charge in [-0.25, -0.2) is 0 Å². The van der Waals surface area contributed by atoms with Gasteiger partial charge < -0.3 is 18.8 Å². The topological polar surface area (TPSA) is 116 Å². The van der Waals surface area contributed by atoms with Gasteiger partial charge in [0.1, 0.15) is 0 Å². The highest BCUT2D eigenvalue weighted by Gasteiger charge is 2.22. The maximum absolute atomic E-state index is 12.6. The summed E-state index contributed by atoms with van der Waals surface area (Å²) >= 11 is 1.49. The van der Waals surface area contributed by atoms with E-state index in [1.165, 1.54) is 18.4 Å². The van der Waals surface area contributed by atoms with Crippen LogP contribution < -0.4 is 15.0 Å². The number of amides is 1. The molecule has 3 aromatic rings. The minimum Gasteiger partial charge on any atom is -0.494 e. The monoisotopic (exact) mass is 402 g/mol. The molecule has 4 heterocycles. The summed E-state index contributed by atoms with van der Waals surface area (Å²) in [6.45, 7) is 4.60. The number of aryl methyl sites for hydroxylation is 1. The van der Waals surface area contributed by atoms with Gasteiger partial charge in [0.2, 0.25) is 0 Å². The van der Waals surface area contributed by atoms with E-state index in [-0.39, 0.29) is 11.7 Å². The number of morpholine rings is 1. The molecule has 4 rings (SSSR count). The van der Waals surface area contributed by atoms with Crippen LogP contribution >= 0.6 is 11.3 Å². The number of aromatic nitrogens is 4. The standard InChI is InChI=1S/C17H18N6O4S/c1-10-3-8-28-14(10)16-21-22-17(27-16)18-15(24)13-11(25-2)9-12(19-20-13)23-4-6-26-7-5-23/h3,8-9H,4-7H2,1-2H3,(H,18,22,24).